The van der Waals surface area contributed by atoms with Gasteiger partial charge in [0, 0.05) is 10.8 Å². The first-order chi connectivity index (χ1) is 10.9. The van der Waals surface area contributed by atoms with E-state index >= 15 is 0 Å². The third kappa shape index (κ3) is 1.62. The van der Waals surface area contributed by atoms with Crippen LogP contribution in [0.4, 0.5) is 0 Å². The molecular weight excluding hydrogens is 278 g/mol. The molecule has 0 amide bonds. The normalized spacial score (nSPS) is 11.6. The van der Waals surface area contributed by atoms with E-state index in [-0.39, 0.29) is 0 Å². The van der Waals surface area contributed by atoms with Gasteiger partial charge in [0.2, 0.25) is 0 Å². The number of H-pyrrole nitrogens is 2. The second kappa shape index (κ2) is 4.14. The Morgan fingerprint density at radius 1 is 0.727 bits per heavy atom. The van der Waals surface area contributed by atoms with Crippen LogP contribution in [0.1, 0.15) is 0 Å². The van der Waals surface area contributed by atoms with Gasteiger partial charge >= 0.3 is 0 Å². The van der Waals surface area contributed by atoms with Crippen LogP contribution in [0.2, 0.25) is 0 Å². The number of pyridine rings is 1. The van der Waals surface area contributed by atoms with Crippen molar-refractivity contribution in [3.63, 3.8) is 0 Å². The lowest BCUT2D eigenvalue weighted by Gasteiger charge is -1.90. The molecule has 0 atom stereocenters. The van der Waals surface area contributed by atoms with Crippen LogP contribution in [0.3, 0.4) is 0 Å². The van der Waals surface area contributed by atoms with Crippen molar-refractivity contribution in [1.29, 1.82) is 0 Å². The summed E-state index contributed by atoms with van der Waals surface area (Å²) in [5, 5.41) is 2.09. The van der Waals surface area contributed by atoms with Crippen LogP contribution in [0.5, 0.6) is 0 Å². The maximum Gasteiger partial charge on any atom is 0.150 e. The largest absolute Gasteiger partial charge is 0.463 e. The zero-order valence-corrected chi connectivity index (χ0v) is 11.5. The molecule has 22 heavy (non-hydrogen) atoms. The molecular formula is C17H11N3O2. The highest BCUT2D eigenvalue weighted by atomic mass is 16.3. The fourth-order valence-corrected chi connectivity index (χ4v) is 2.73. The summed E-state index contributed by atoms with van der Waals surface area (Å²) in [6.45, 7) is 0. The Bertz CT molecular complexity index is 931. The number of fused-ring (bicyclic) bond motifs is 2. The molecule has 5 aromatic rings. The third-order valence-corrected chi connectivity index (χ3v) is 3.76. The first-order valence-corrected chi connectivity index (χ1v) is 6.97. The fraction of sp³-hybridized carbons (Fsp3) is 0. The van der Waals surface area contributed by atoms with Crippen LogP contribution in [0.25, 0.3) is 45.0 Å². The van der Waals surface area contributed by atoms with Gasteiger partial charge in [0.05, 0.1) is 23.9 Å². The predicted octanol–water partition coefficient (Wildman–Crippen LogP) is 4.56. The molecule has 0 aromatic carbocycles. The van der Waals surface area contributed by atoms with Crippen LogP contribution in [0.15, 0.2) is 63.8 Å². The number of furan rings is 2. The lowest BCUT2D eigenvalue weighted by atomic mass is 10.2. The minimum absolute atomic E-state index is 0.804. The summed E-state index contributed by atoms with van der Waals surface area (Å²) in [5.74, 6) is 1.61. The summed E-state index contributed by atoms with van der Waals surface area (Å²) >= 11 is 0. The predicted molar refractivity (Wildman–Crippen MR) is 83.4 cm³/mol. The first kappa shape index (κ1) is 11.4. The molecule has 0 fully saturated rings. The van der Waals surface area contributed by atoms with E-state index in [1.165, 1.54) is 0 Å². The quantitative estimate of drug-likeness (QED) is 0.500. The van der Waals surface area contributed by atoms with Gasteiger partial charge in [-0.05, 0) is 42.5 Å². The Morgan fingerprint density at radius 3 is 1.73 bits per heavy atom. The van der Waals surface area contributed by atoms with Crippen molar-refractivity contribution in [3.8, 4) is 22.9 Å². The molecule has 5 heteroatoms. The Hall–Kier alpha value is -3.21. The number of nitrogens with zero attached hydrogens (tertiary/aromatic N) is 1. The number of nitrogens with one attached hydrogen (secondary N) is 2. The molecule has 0 saturated heterocycles. The minimum atomic E-state index is 0.804. The highest BCUT2D eigenvalue weighted by Gasteiger charge is 2.11. The van der Waals surface area contributed by atoms with Gasteiger partial charge < -0.3 is 18.8 Å². The van der Waals surface area contributed by atoms with Crippen molar-refractivity contribution in [2.45, 2.75) is 0 Å². The zero-order chi connectivity index (χ0) is 14.5. The van der Waals surface area contributed by atoms with Crippen LogP contribution in [0, 0.1) is 0 Å². The van der Waals surface area contributed by atoms with Crippen LogP contribution in [-0.4, -0.2) is 15.0 Å². The van der Waals surface area contributed by atoms with E-state index in [4.69, 9.17) is 8.83 Å². The van der Waals surface area contributed by atoms with Crippen LogP contribution >= 0.6 is 0 Å². The van der Waals surface area contributed by atoms with Gasteiger partial charge in [-0.15, -0.1) is 0 Å². The van der Waals surface area contributed by atoms with Gasteiger partial charge in [-0.2, -0.15) is 0 Å². The van der Waals surface area contributed by atoms with Gasteiger partial charge in [-0.25, -0.2) is 4.98 Å². The number of hydrogen-bond donors (Lipinski definition) is 2. The number of aromatic nitrogens is 3. The maximum absolute atomic E-state index is 5.42. The van der Waals surface area contributed by atoms with Gasteiger partial charge in [-0.1, -0.05) is 0 Å². The molecule has 5 nitrogen and oxygen atoms in total. The summed E-state index contributed by atoms with van der Waals surface area (Å²) < 4.78 is 10.8. The van der Waals surface area contributed by atoms with E-state index in [0.29, 0.717) is 0 Å². The highest BCUT2D eigenvalue weighted by Crippen LogP contribution is 2.28. The summed E-state index contributed by atoms with van der Waals surface area (Å²) in [6.07, 6.45) is 3.32. The van der Waals surface area contributed by atoms with Crippen molar-refractivity contribution < 1.29 is 8.83 Å². The number of hydrogen-bond acceptors (Lipinski definition) is 3. The van der Waals surface area contributed by atoms with Crippen molar-refractivity contribution in [1.82, 2.24) is 15.0 Å². The molecule has 0 aliphatic heterocycles. The number of rotatable bonds is 2. The van der Waals surface area contributed by atoms with Crippen LogP contribution < -0.4 is 0 Å². The SMILES string of the molecule is c1coc(-c2cc3cc4cc(-c5ccco5)[nH]c4nc3[nH]2)c1. The molecule has 0 spiro atoms. The van der Waals surface area contributed by atoms with E-state index in [9.17, 15) is 0 Å². The molecule has 5 aromatic heterocycles. The Balaban J connectivity index is 1.69. The van der Waals surface area contributed by atoms with Gasteiger partial charge in [0.1, 0.15) is 22.8 Å². The summed E-state index contributed by atoms with van der Waals surface area (Å²) in [7, 11) is 0. The lowest BCUT2D eigenvalue weighted by molar-refractivity contribution is 0.580. The molecule has 0 radical (unpaired) electrons. The molecule has 5 heterocycles. The smallest absolute Gasteiger partial charge is 0.150 e. The monoisotopic (exact) mass is 289 g/mol. The van der Waals surface area contributed by atoms with Gasteiger partial charge in [0.15, 0.2) is 0 Å². The van der Waals surface area contributed by atoms with E-state index in [2.05, 4.69) is 21.0 Å². The summed E-state index contributed by atoms with van der Waals surface area (Å²) in [4.78, 5) is 11.2. The molecule has 5 rings (SSSR count). The molecule has 0 aliphatic rings. The van der Waals surface area contributed by atoms with Gasteiger partial charge in [-0.3, -0.25) is 0 Å². The van der Waals surface area contributed by atoms with Crippen molar-refractivity contribution in [2.24, 2.45) is 0 Å². The second-order valence-electron chi connectivity index (χ2n) is 5.18. The molecule has 2 N–H and O–H groups in total. The first-order valence-electron chi connectivity index (χ1n) is 6.97. The van der Waals surface area contributed by atoms with Crippen molar-refractivity contribution in [3.05, 3.63) is 55.0 Å². The average molecular weight is 289 g/mol. The standard InChI is InChI=1S/C17H11N3O2/c1-3-14(21-5-1)12-8-10-7-11-9-13(15-4-2-6-22-15)19-17(11)20-16(10)18-12/h1-9H,(H2,18,19,20). The fourth-order valence-electron chi connectivity index (χ4n) is 2.73. The van der Waals surface area contributed by atoms with Crippen molar-refractivity contribution >= 4 is 22.1 Å². The molecule has 0 saturated carbocycles. The van der Waals surface area contributed by atoms with E-state index in [0.717, 1.165) is 45.0 Å². The molecule has 106 valence electrons. The maximum atomic E-state index is 5.42. The Morgan fingerprint density at radius 2 is 1.27 bits per heavy atom. The Kier molecular flexibility index (Phi) is 2.16. The number of aromatic amines is 2. The van der Waals surface area contributed by atoms with E-state index in [1.54, 1.807) is 12.5 Å². The van der Waals surface area contributed by atoms with Gasteiger partial charge in [0.25, 0.3) is 0 Å². The third-order valence-electron chi connectivity index (χ3n) is 3.76. The summed E-state index contributed by atoms with van der Waals surface area (Å²) in [5.41, 5.74) is 3.50. The topological polar surface area (TPSA) is 70.8 Å². The Labute approximate surface area is 124 Å². The van der Waals surface area contributed by atoms with E-state index in [1.807, 2.05) is 36.4 Å². The zero-order valence-electron chi connectivity index (χ0n) is 11.5. The van der Waals surface area contributed by atoms with E-state index < -0.39 is 0 Å². The minimum Gasteiger partial charge on any atom is -0.463 e. The summed E-state index contributed by atoms with van der Waals surface area (Å²) in [6, 6.07) is 13.8. The molecule has 0 bridgehead atoms. The molecule has 0 aliphatic carbocycles. The van der Waals surface area contributed by atoms with Crippen molar-refractivity contribution in [2.75, 3.05) is 0 Å². The lowest BCUT2D eigenvalue weighted by Crippen LogP contribution is -1.79. The highest BCUT2D eigenvalue weighted by molar-refractivity contribution is 5.94. The second-order valence-corrected chi connectivity index (χ2v) is 5.18. The molecule has 0 unspecified atom stereocenters. The average Bonchev–Trinajstić information content (AvgIpc) is 3.27. The van der Waals surface area contributed by atoms with Crippen LogP contribution in [-0.2, 0) is 0 Å².